The molecule has 2 aliphatic heterocycles. The average molecular weight is 990 g/mol. The topological polar surface area (TPSA) is 165 Å². The number of benzene rings is 3. The predicted molar refractivity (Wildman–Crippen MR) is 207 cm³/mol. The van der Waals surface area contributed by atoms with Crippen molar-refractivity contribution in [1.82, 2.24) is 14.7 Å². The quantitative estimate of drug-likeness (QED) is 0.0387. The predicted octanol–water partition coefficient (Wildman–Crippen LogP) is 6.16. The van der Waals surface area contributed by atoms with Crippen LogP contribution in [0, 0.1) is 64.1 Å². The van der Waals surface area contributed by atoms with Gasteiger partial charge in [0.05, 0.1) is 16.5 Å². The van der Waals surface area contributed by atoms with Crippen LogP contribution >= 0.6 is 24.4 Å². The van der Waals surface area contributed by atoms with Crippen LogP contribution in [-0.2, 0) is 39.4 Å². The molecule has 0 aliphatic carbocycles. The molecule has 1 atom stereocenters. The number of halogens is 10. The van der Waals surface area contributed by atoms with E-state index >= 15 is 0 Å². The lowest BCUT2D eigenvalue weighted by atomic mass is 9.88. The van der Waals surface area contributed by atoms with Gasteiger partial charge in [0.25, 0.3) is 17.7 Å². The Labute approximate surface area is 365 Å². The van der Waals surface area contributed by atoms with E-state index in [-0.39, 0.29) is 48.3 Å². The van der Waals surface area contributed by atoms with Gasteiger partial charge in [-0.1, -0.05) is 19.1 Å². The van der Waals surface area contributed by atoms with Crippen molar-refractivity contribution < 1.29 is 88.3 Å². The molecule has 1 unspecified atom stereocenters. The molecule has 64 heavy (non-hydrogen) atoms. The lowest BCUT2D eigenvalue weighted by Gasteiger charge is -2.35. The number of hydrogen-bond donors (Lipinski definition) is 0. The molecule has 0 spiro atoms. The molecule has 2 heterocycles. The number of piperidine rings is 1. The van der Waals surface area contributed by atoms with Crippen LogP contribution in [0.4, 0.5) is 43.9 Å². The Balaban J connectivity index is 1.94. The fourth-order valence-electron chi connectivity index (χ4n) is 6.21. The summed E-state index contributed by atoms with van der Waals surface area (Å²) in [7, 11) is -12.8. The molecule has 2 fully saturated rings. The first-order valence-corrected chi connectivity index (χ1v) is 21.5. The summed E-state index contributed by atoms with van der Waals surface area (Å²) in [5.41, 5.74) is -4.24. The Kier molecular flexibility index (Phi) is 13.8. The lowest BCUT2D eigenvalue weighted by molar-refractivity contribution is -0.134. The molecule has 0 radical (unpaired) electrons. The normalized spacial score (nSPS) is 17.0. The van der Waals surface area contributed by atoms with Crippen LogP contribution in [0.2, 0.25) is 0 Å². The Morgan fingerprint density at radius 3 is 1.17 bits per heavy atom. The van der Waals surface area contributed by atoms with Crippen LogP contribution in [0.1, 0.15) is 45.2 Å². The maximum absolute atomic E-state index is 15.0. The third-order valence-corrected chi connectivity index (χ3v) is 12.8. The Morgan fingerprint density at radius 2 is 0.844 bits per heavy atom. The van der Waals surface area contributed by atoms with Crippen LogP contribution in [0.15, 0.2) is 33.1 Å². The fraction of sp³-hybridized carbons (Fsp3) is 0.243. The zero-order chi connectivity index (χ0) is 48.2. The molecule has 2 aliphatic rings. The summed E-state index contributed by atoms with van der Waals surface area (Å²) in [5, 5.41) is -0.366. The molecule has 13 nitrogen and oxygen atoms in total. The highest BCUT2D eigenvalue weighted by atomic mass is 32.2. The maximum atomic E-state index is 15.0. The Bertz CT molecular complexity index is 2620. The standard InChI is InChI=1S/C37H25F10N3O10S4/c1-5-15-30(51)16(33(52)48(6-2)36(15)61)9-13-11-19(60-64(57,58)32-28(46)24(42)21(39)25(43)29(32)47)14(10-17-34(53)49(7-3)37(62)50(8-4)35(17)54)12-18(13)59-63(55,56)31-26(44)22(40)20(38)23(41)27(31)45/h9-12,15H,5-8H2,1-4H3. The number of hydrogen-bond acceptors (Lipinski definition) is 12. The van der Waals surface area contributed by atoms with E-state index in [2.05, 4.69) is 0 Å². The number of likely N-dealkylation sites (N-methyl/N-ethyl adjacent to an activating group) is 3. The van der Waals surface area contributed by atoms with Crippen molar-refractivity contribution in [2.24, 2.45) is 5.92 Å². The first-order chi connectivity index (χ1) is 29.7. The van der Waals surface area contributed by atoms with Crippen molar-refractivity contribution in [2.75, 3.05) is 19.6 Å². The highest BCUT2D eigenvalue weighted by molar-refractivity contribution is 7.87. The summed E-state index contributed by atoms with van der Waals surface area (Å²) in [4.78, 5) is 51.5. The van der Waals surface area contributed by atoms with Crippen molar-refractivity contribution in [3.05, 3.63) is 92.6 Å². The van der Waals surface area contributed by atoms with Crippen molar-refractivity contribution in [2.45, 2.75) is 43.9 Å². The van der Waals surface area contributed by atoms with Gasteiger partial charge < -0.3 is 13.3 Å². The third kappa shape index (κ3) is 8.24. The van der Waals surface area contributed by atoms with Gasteiger partial charge in [-0.3, -0.25) is 29.0 Å². The van der Waals surface area contributed by atoms with E-state index in [1.54, 1.807) is 0 Å². The summed E-state index contributed by atoms with van der Waals surface area (Å²) in [6.45, 7) is 4.87. The molecule has 0 aromatic heterocycles. The van der Waals surface area contributed by atoms with Gasteiger partial charge in [0.1, 0.15) is 5.57 Å². The van der Waals surface area contributed by atoms with Gasteiger partial charge in [-0.25, -0.2) is 43.9 Å². The van der Waals surface area contributed by atoms with Gasteiger partial charge in [0, 0.05) is 30.8 Å². The largest absolute Gasteiger partial charge is 0.378 e. The van der Waals surface area contributed by atoms with E-state index in [1.807, 2.05) is 0 Å². The smallest absolute Gasteiger partial charge is 0.345 e. The van der Waals surface area contributed by atoms with Crippen LogP contribution in [0.5, 0.6) is 11.5 Å². The first kappa shape index (κ1) is 49.2. The second kappa shape index (κ2) is 18.0. The Morgan fingerprint density at radius 1 is 0.531 bits per heavy atom. The molecule has 3 amide bonds. The van der Waals surface area contributed by atoms with E-state index < -0.39 is 151 Å². The molecular formula is C37H25F10N3O10S4. The van der Waals surface area contributed by atoms with E-state index in [0.717, 1.165) is 14.7 Å². The maximum Gasteiger partial charge on any atom is 0.345 e. The second-order valence-electron chi connectivity index (χ2n) is 13.0. The molecule has 0 N–H and O–H groups in total. The molecule has 2 saturated heterocycles. The molecule has 27 heteroatoms. The molecule has 0 bridgehead atoms. The van der Waals surface area contributed by atoms with Crippen molar-refractivity contribution >= 4 is 90.4 Å². The SMILES string of the molecule is CCC1C(=O)C(=Cc2cc(OS(=O)(=O)c3c(F)c(F)c(F)c(F)c3F)c(C=C3C(=O)N(CC)C(=S)N(CC)C3=O)cc2OS(=O)(=O)c2c(F)c(F)c(F)c(F)c2F)C(=O)N(CC)C1=S. The summed E-state index contributed by atoms with van der Waals surface area (Å²) in [6, 6.07) is 0.429. The summed E-state index contributed by atoms with van der Waals surface area (Å²) in [5.74, 6) is -37.7. The number of rotatable bonds is 12. The first-order valence-electron chi connectivity index (χ1n) is 17.8. The van der Waals surface area contributed by atoms with E-state index in [4.69, 9.17) is 32.8 Å². The number of ketones is 1. The van der Waals surface area contributed by atoms with Crippen LogP contribution in [0.3, 0.4) is 0 Å². The van der Waals surface area contributed by atoms with Gasteiger partial charge in [0.15, 0.2) is 78.7 Å². The lowest BCUT2D eigenvalue weighted by Crippen LogP contribution is -2.55. The Hall–Kier alpha value is -5.80. The second-order valence-corrected chi connectivity index (χ2v) is 16.8. The van der Waals surface area contributed by atoms with Gasteiger partial charge in [-0.2, -0.15) is 16.8 Å². The number of thiocarbonyl (C=S) groups is 2. The number of amides is 3. The third-order valence-electron chi connectivity index (χ3n) is 9.37. The van der Waals surface area contributed by atoms with E-state index in [9.17, 15) is 79.9 Å². The zero-order valence-electron chi connectivity index (χ0n) is 32.6. The van der Waals surface area contributed by atoms with Gasteiger partial charge >= 0.3 is 20.2 Å². The van der Waals surface area contributed by atoms with Gasteiger partial charge in [0.2, 0.25) is 11.6 Å². The summed E-state index contributed by atoms with van der Waals surface area (Å²) < 4.78 is 209. The number of carbonyl (C=O) groups is 4. The molecule has 5 rings (SSSR count). The van der Waals surface area contributed by atoms with Crippen LogP contribution in [0.25, 0.3) is 12.2 Å². The number of carbonyl (C=O) groups excluding carboxylic acids is 4. The zero-order valence-corrected chi connectivity index (χ0v) is 35.8. The summed E-state index contributed by atoms with van der Waals surface area (Å²) >= 11 is 10.4. The van der Waals surface area contributed by atoms with Crippen LogP contribution < -0.4 is 8.37 Å². The number of Topliss-reactive ketones (excluding diaryl/α,β-unsaturated/α-hetero) is 1. The highest BCUT2D eigenvalue weighted by Crippen LogP contribution is 2.40. The summed E-state index contributed by atoms with van der Waals surface area (Å²) in [6.07, 6.45) is 0.715. The minimum atomic E-state index is -6.38. The molecule has 3 aromatic rings. The van der Waals surface area contributed by atoms with E-state index in [1.165, 1.54) is 27.7 Å². The van der Waals surface area contributed by atoms with Crippen LogP contribution in [-0.4, -0.2) is 84.8 Å². The van der Waals surface area contributed by atoms with E-state index in [0.29, 0.717) is 12.2 Å². The molecule has 3 aromatic carbocycles. The molecular weight excluding hydrogens is 965 g/mol. The number of nitrogens with zero attached hydrogens (tertiary/aromatic N) is 3. The average Bonchev–Trinajstić information content (AvgIpc) is 3.22. The molecule has 0 saturated carbocycles. The number of likely N-dealkylation sites (tertiary alicyclic amines) is 1. The van der Waals surface area contributed by atoms with Crippen molar-refractivity contribution in [3.8, 4) is 11.5 Å². The van der Waals surface area contributed by atoms with Gasteiger partial charge in [-0.05, 0) is 63.7 Å². The van der Waals surface area contributed by atoms with Crippen molar-refractivity contribution in [1.29, 1.82) is 0 Å². The van der Waals surface area contributed by atoms with Crippen molar-refractivity contribution in [3.63, 3.8) is 0 Å². The minimum absolute atomic E-state index is 0.0904. The highest BCUT2D eigenvalue weighted by Gasteiger charge is 2.43. The fourth-order valence-corrected chi connectivity index (χ4v) is 9.29. The minimum Gasteiger partial charge on any atom is -0.378 e. The van der Waals surface area contributed by atoms with Gasteiger partial charge in [-0.15, -0.1) is 0 Å². The monoisotopic (exact) mass is 989 g/mol. The molecule has 342 valence electrons.